The number of nitrogens with one attached hydrogen (secondary N) is 1. The first kappa shape index (κ1) is 15.0. The lowest BCUT2D eigenvalue weighted by atomic mass is 10.1. The van der Waals surface area contributed by atoms with Gasteiger partial charge in [0.1, 0.15) is 0 Å². The van der Waals surface area contributed by atoms with Crippen molar-refractivity contribution in [1.29, 1.82) is 0 Å². The van der Waals surface area contributed by atoms with E-state index in [0.717, 1.165) is 37.2 Å². The molecule has 0 saturated carbocycles. The maximum absolute atomic E-state index is 11.9. The molecule has 0 radical (unpaired) electrons. The zero-order chi connectivity index (χ0) is 14.4. The zero-order valence-electron chi connectivity index (χ0n) is 12.0. The number of carbonyl (C=O) groups is 2. The summed E-state index contributed by atoms with van der Waals surface area (Å²) in [5.41, 5.74) is 0. The van der Waals surface area contributed by atoms with Crippen molar-refractivity contribution in [1.82, 2.24) is 10.2 Å². The van der Waals surface area contributed by atoms with Gasteiger partial charge in [-0.2, -0.15) is 0 Å². The van der Waals surface area contributed by atoms with Crippen molar-refractivity contribution in [3.8, 4) is 0 Å². The molecule has 1 fully saturated rings. The van der Waals surface area contributed by atoms with E-state index in [1.54, 1.807) is 0 Å². The fourth-order valence-corrected chi connectivity index (χ4v) is 3.23. The Morgan fingerprint density at radius 2 is 2.00 bits per heavy atom. The second-order valence-electron chi connectivity index (χ2n) is 5.07. The molecule has 1 N–H and O–H groups in total. The van der Waals surface area contributed by atoms with Gasteiger partial charge in [-0.05, 0) is 37.8 Å². The molecule has 110 valence electrons. The fourth-order valence-electron chi connectivity index (χ4n) is 2.36. The first-order chi connectivity index (χ1) is 9.70. The summed E-state index contributed by atoms with van der Waals surface area (Å²) in [4.78, 5) is 27.7. The van der Waals surface area contributed by atoms with E-state index in [9.17, 15) is 9.59 Å². The van der Waals surface area contributed by atoms with Crippen LogP contribution in [0.3, 0.4) is 0 Å². The van der Waals surface area contributed by atoms with Crippen LogP contribution in [-0.4, -0.2) is 36.3 Å². The minimum absolute atomic E-state index is 0.0684. The molecular weight excluding hydrogens is 272 g/mol. The number of likely N-dealkylation sites (tertiary alicyclic amines) is 1. The number of hydrogen-bond donors (Lipinski definition) is 1. The van der Waals surface area contributed by atoms with E-state index in [1.165, 1.54) is 22.6 Å². The molecule has 2 rings (SSSR count). The number of carbonyl (C=O) groups excluding carboxylic acids is 2. The maximum atomic E-state index is 11.9. The summed E-state index contributed by atoms with van der Waals surface area (Å²) in [5.74, 6) is 0.0894. The molecule has 1 aliphatic rings. The van der Waals surface area contributed by atoms with Crippen LogP contribution < -0.4 is 5.32 Å². The molecule has 2 amide bonds. The predicted octanol–water partition coefficient (Wildman–Crippen LogP) is 2.44. The number of thiophene rings is 1. The summed E-state index contributed by atoms with van der Waals surface area (Å²) < 4.78 is 0. The molecule has 5 heteroatoms. The number of piperidine rings is 1. The molecule has 0 atom stereocenters. The molecule has 1 aromatic rings. The highest BCUT2D eigenvalue weighted by molar-refractivity contribution is 7.14. The summed E-state index contributed by atoms with van der Waals surface area (Å²) in [6.07, 6.45) is 4.78. The van der Waals surface area contributed by atoms with Gasteiger partial charge < -0.3 is 10.2 Å². The van der Waals surface area contributed by atoms with Crippen LogP contribution in [0.2, 0.25) is 0 Å². The van der Waals surface area contributed by atoms with Crippen LogP contribution >= 0.6 is 11.3 Å². The summed E-state index contributed by atoms with van der Waals surface area (Å²) in [6.45, 7) is 4.24. The molecule has 4 nitrogen and oxygen atoms in total. The highest BCUT2D eigenvalue weighted by Crippen LogP contribution is 2.16. The van der Waals surface area contributed by atoms with Gasteiger partial charge in [0.05, 0.1) is 4.88 Å². The van der Waals surface area contributed by atoms with E-state index in [4.69, 9.17) is 0 Å². The molecule has 0 bridgehead atoms. The van der Waals surface area contributed by atoms with Gasteiger partial charge in [-0.15, -0.1) is 11.3 Å². The second-order valence-corrected chi connectivity index (χ2v) is 6.24. The zero-order valence-corrected chi connectivity index (χ0v) is 12.8. The third-order valence-corrected chi connectivity index (χ3v) is 4.80. The molecule has 0 spiro atoms. The summed E-state index contributed by atoms with van der Waals surface area (Å²) in [7, 11) is 0. The topological polar surface area (TPSA) is 49.4 Å². The Bertz CT molecular complexity index is 464. The maximum Gasteiger partial charge on any atom is 0.261 e. The van der Waals surface area contributed by atoms with Crippen molar-refractivity contribution in [2.45, 2.75) is 39.0 Å². The summed E-state index contributed by atoms with van der Waals surface area (Å²) >= 11 is 1.52. The van der Waals surface area contributed by atoms with E-state index in [-0.39, 0.29) is 11.8 Å². The van der Waals surface area contributed by atoms with Gasteiger partial charge in [0.2, 0.25) is 5.91 Å². The lowest BCUT2D eigenvalue weighted by Crippen LogP contribution is -2.37. The molecule has 1 saturated heterocycles. The minimum Gasteiger partial charge on any atom is -0.351 e. The number of aryl methyl sites for hydroxylation is 1. The lowest BCUT2D eigenvalue weighted by molar-refractivity contribution is -0.131. The van der Waals surface area contributed by atoms with Crippen LogP contribution in [0.4, 0.5) is 0 Å². The average molecular weight is 294 g/mol. The van der Waals surface area contributed by atoms with Crippen molar-refractivity contribution < 1.29 is 9.59 Å². The Morgan fingerprint density at radius 1 is 1.25 bits per heavy atom. The Morgan fingerprint density at radius 3 is 2.65 bits per heavy atom. The standard InChI is InChI=1S/C15H22N2O2S/c1-2-12-6-7-13(20-12)15(19)16-9-8-14(18)17-10-4-3-5-11-17/h6-7H,2-5,8-11H2,1H3,(H,16,19). The van der Waals surface area contributed by atoms with Gasteiger partial charge >= 0.3 is 0 Å². The lowest BCUT2D eigenvalue weighted by Gasteiger charge is -2.26. The van der Waals surface area contributed by atoms with Crippen LogP contribution in [0.1, 0.15) is 47.2 Å². The summed E-state index contributed by atoms with van der Waals surface area (Å²) in [6, 6.07) is 3.84. The van der Waals surface area contributed by atoms with Gasteiger partial charge in [0.15, 0.2) is 0 Å². The van der Waals surface area contributed by atoms with Crippen molar-refractivity contribution in [2.24, 2.45) is 0 Å². The largest absolute Gasteiger partial charge is 0.351 e. The smallest absolute Gasteiger partial charge is 0.261 e. The number of nitrogens with zero attached hydrogens (tertiary/aromatic N) is 1. The highest BCUT2D eigenvalue weighted by Gasteiger charge is 2.16. The van der Waals surface area contributed by atoms with Crippen LogP contribution in [0.15, 0.2) is 12.1 Å². The molecule has 0 unspecified atom stereocenters. The Labute approximate surface area is 124 Å². The molecule has 1 aromatic heterocycles. The molecular formula is C15H22N2O2S. The first-order valence-electron chi connectivity index (χ1n) is 7.35. The monoisotopic (exact) mass is 294 g/mol. The number of amides is 2. The van der Waals surface area contributed by atoms with E-state index in [2.05, 4.69) is 12.2 Å². The van der Waals surface area contributed by atoms with Crippen LogP contribution in [-0.2, 0) is 11.2 Å². The minimum atomic E-state index is -0.0684. The van der Waals surface area contributed by atoms with Gasteiger partial charge in [0.25, 0.3) is 5.91 Å². The van der Waals surface area contributed by atoms with E-state index >= 15 is 0 Å². The number of hydrogen-bond acceptors (Lipinski definition) is 3. The predicted molar refractivity (Wildman–Crippen MR) is 81.1 cm³/mol. The van der Waals surface area contributed by atoms with Gasteiger partial charge in [-0.25, -0.2) is 0 Å². The summed E-state index contributed by atoms with van der Waals surface area (Å²) in [5, 5.41) is 2.83. The fraction of sp³-hybridized carbons (Fsp3) is 0.600. The third kappa shape index (κ3) is 4.07. The van der Waals surface area contributed by atoms with Gasteiger partial charge in [-0.3, -0.25) is 9.59 Å². The van der Waals surface area contributed by atoms with Gasteiger partial charge in [-0.1, -0.05) is 6.92 Å². The second kappa shape index (κ2) is 7.43. The Kier molecular flexibility index (Phi) is 5.59. The van der Waals surface area contributed by atoms with Gasteiger partial charge in [0, 0.05) is 30.9 Å². The van der Waals surface area contributed by atoms with E-state index in [1.807, 2.05) is 17.0 Å². The van der Waals surface area contributed by atoms with Crippen molar-refractivity contribution >= 4 is 23.2 Å². The van der Waals surface area contributed by atoms with Crippen LogP contribution in [0, 0.1) is 0 Å². The van der Waals surface area contributed by atoms with Crippen molar-refractivity contribution in [3.05, 3.63) is 21.9 Å². The van der Waals surface area contributed by atoms with Crippen LogP contribution in [0.5, 0.6) is 0 Å². The van der Waals surface area contributed by atoms with E-state index in [0.29, 0.717) is 13.0 Å². The SMILES string of the molecule is CCc1ccc(C(=O)NCCC(=O)N2CCCCC2)s1. The average Bonchev–Trinajstić information content (AvgIpc) is 2.97. The number of rotatable bonds is 5. The Balaban J connectivity index is 1.72. The molecule has 20 heavy (non-hydrogen) atoms. The van der Waals surface area contributed by atoms with Crippen molar-refractivity contribution in [2.75, 3.05) is 19.6 Å². The molecule has 1 aliphatic heterocycles. The molecule has 0 aromatic carbocycles. The Hall–Kier alpha value is -1.36. The highest BCUT2D eigenvalue weighted by atomic mass is 32.1. The quantitative estimate of drug-likeness (QED) is 0.907. The first-order valence-corrected chi connectivity index (χ1v) is 8.17. The molecule has 0 aliphatic carbocycles. The normalized spacial score (nSPS) is 15.2. The van der Waals surface area contributed by atoms with E-state index < -0.39 is 0 Å². The van der Waals surface area contributed by atoms with Crippen LogP contribution in [0.25, 0.3) is 0 Å². The van der Waals surface area contributed by atoms with Crippen molar-refractivity contribution in [3.63, 3.8) is 0 Å². The third-order valence-electron chi connectivity index (χ3n) is 3.57. The molecule has 2 heterocycles.